The summed E-state index contributed by atoms with van der Waals surface area (Å²) < 4.78 is 37.8. The summed E-state index contributed by atoms with van der Waals surface area (Å²) >= 11 is 0. The Morgan fingerprint density at radius 3 is 2.25 bits per heavy atom. The fraction of sp³-hybridized carbons (Fsp3) is 0.286. The molecule has 0 spiro atoms. The molecule has 0 rings (SSSR count). The van der Waals surface area contributed by atoms with E-state index < -0.39 is 12.1 Å². The second-order valence-electron chi connectivity index (χ2n) is 2.01. The zero-order valence-corrected chi connectivity index (χ0v) is 6.48. The lowest BCUT2D eigenvalue weighted by Gasteiger charge is -2.06. The van der Waals surface area contributed by atoms with E-state index >= 15 is 0 Å². The van der Waals surface area contributed by atoms with Crippen molar-refractivity contribution in [1.82, 2.24) is 0 Å². The van der Waals surface area contributed by atoms with Gasteiger partial charge < -0.3 is 4.74 Å². The normalized spacial score (nSPS) is 11.7. The topological polar surface area (TPSA) is 21.6 Å². The average molecular weight is 179 g/mol. The second kappa shape index (κ2) is 3.94. The van der Waals surface area contributed by atoms with Gasteiger partial charge in [0.05, 0.1) is 6.21 Å². The van der Waals surface area contributed by atoms with Crippen LogP contribution in [0.4, 0.5) is 13.2 Å². The highest BCUT2D eigenvalue weighted by Gasteiger charge is 2.31. The maximum absolute atomic E-state index is 11.5. The van der Waals surface area contributed by atoms with E-state index in [-0.39, 0.29) is 0 Å². The molecule has 0 aromatic rings. The first kappa shape index (κ1) is 10.7. The molecule has 0 aliphatic carbocycles. The third-order valence-electron chi connectivity index (χ3n) is 0.676. The van der Waals surface area contributed by atoms with Crippen LogP contribution in [0.15, 0.2) is 29.6 Å². The van der Waals surface area contributed by atoms with Crippen LogP contribution in [-0.2, 0) is 4.74 Å². The Hall–Kier alpha value is -1.26. The number of alkyl halides is 3. The lowest BCUT2D eigenvalue weighted by molar-refractivity contribution is -0.301. The summed E-state index contributed by atoms with van der Waals surface area (Å²) in [5.74, 6) is -0.564. The molecular weight excluding hydrogens is 171 g/mol. The van der Waals surface area contributed by atoms with Crippen molar-refractivity contribution in [2.75, 3.05) is 0 Å². The monoisotopic (exact) mass is 179 g/mol. The molecule has 0 N–H and O–H groups in total. The molecule has 0 amide bonds. The van der Waals surface area contributed by atoms with Gasteiger partial charge in [0, 0.05) is 5.70 Å². The fourth-order valence-electron chi connectivity index (χ4n) is 0.357. The van der Waals surface area contributed by atoms with Gasteiger partial charge in [0.15, 0.2) is 0 Å². The minimum Gasteiger partial charge on any atom is -0.405 e. The Morgan fingerprint density at radius 1 is 1.42 bits per heavy atom. The number of halogens is 3. The molecule has 0 aliphatic rings. The zero-order valence-electron chi connectivity index (χ0n) is 6.48. The number of hydrogen-bond acceptors (Lipinski definition) is 2. The molecule has 0 aliphatic heterocycles. The van der Waals surface area contributed by atoms with Crippen molar-refractivity contribution < 1.29 is 17.9 Å². The third kappa shape index (κ3) is 6.85. The van der Waals surface area contributed by atoms with Crippen molar-refractivity contribution in [3.8, 4) is 0 Å². The lowest BCUT2D eigenvalue weighted by atomic mass is 10.5. The summed E-state index contributed by atoms with van der Waals surface area (Å²) in [6.07, 6.45) is -3.85. The fourth-order valence-corrected chi connectivity index (χ4v) is 0.357. The molecule has 2 nitrogen and oxygen atoms in total. The standard InChI is InChI=1S/C7H8F3NO/c1-5(2)11-4-6(3)12-7(8,9)10/h4H,1,3H2,2H3. The van der Waals surface area contributed by atoms with Gasteiger partial charge in [0.1, 0.15) is 5.76 Å². The van der Waals surface area contributed by atoms with Crippen LogP contribution >= 0.6 is 0 Å². The van der Waals surface area contributed by atoms with Gasteiger partial charge in [0.25, 0.3) is 0 Å². The predicted octanol–water partition coefficient (Wildman–Crippen LogP) is 2.64. The molecule has 0 saturated heterocycles. The Morgan fingerprint density at radius 2 is 1.92 bits per heavy atom. The largest absolute Gasteiger partial charge is 0.573 e. The highest BCUT2D eigenvalue weighted by molar-refractivity contribution is 5.75. The number of nitrogens with zero attached hydrogens (tertiary/aromatic N) is 1. The van der Waals surface area contributed by atoms with Gasteiger partial charge in [-0.05, 0) is 6.92 Å². The van der Waals surface area contributed by atoms with Crippen LogP contribution in [0.25, 0.3) is 0 Å². The van der Waals surface area contributed by atoms with E-state index in [2.05, 4.69) is 22.9 Å². The number of aliphatic imine (C=N–C) groups is 1. The zero-order chi connectivity index (χ0) is 9.78. The molecule has 68 valence electrons. The quantitative estimate of drug-likeness (QED) is 0.482. The van der Waals surface area contributed by atoms with Crippen molar-refractivity contribution in [1.29, 1.82) is 0 Å². The van der Waals surface area contributed by atoms with Gasteiger partial charge in [-0.15, -0.1) is 13.2 Å². The summed E-state index contributed by atoms with van der Waals surface area (Å²) in [6.45, 7) is 7.87. The van der Waals surface area contributed by atoms with Crippen LogP contribution in [0.1, 0.15) is 6.92 Å². The first-order chi connectivity index (χ1) is 5.31. The minimum atomic E-state index is -4.71. The van der Waals surface area contributed by atoms with Gasteiger partial charge in [-0.25, -0.2) is 0 Å². The maximum Gasteiger partial charge on any atom is 0.573 e. The van der Waals surface area contributed by atoms with E-state index in [1.165, 1.54) is 6.92 Å². The van der Waals surface area contributed by atoms with Crippen LogP contribution in [0.2, 0.25) is 0 Å². The van der Waals surface area contributed by atoms with Crippen molar-refractivity contribution in [3.63, 3.8) is 0 Å². The van der Waals surface area contributed by atoms with Crippen LogP contribution < -0.4 is 0 Å². The molecule has 12 heavy (non-hydrogen) atoms. The summed E-state index contributed by atoms with van der Waals surface area (Å²) in [6, 6.07) is 0. The summed E-state index contributed by atoms with van der Waals surface area (Å²) in [5, 5.41) is 0. The van der Waals surface area contributed by atoms with Gasteiger partial charge in [0.2, 0.25) is 0 Å². The number of allylic oxidation sites excluding steroid dienone is 2. The molecule has 0 unspecified atom stereocenters. The van der Waals surface area contributed by atoms with E-state index in [9.17, 15) is 13.2 Å². The molecule has 0 fully saturated rings. The molecule has 0 heterocycles. The van der Waals surface area contributed by atoms with Crippen molar-refractivity contribution in [2.24, 2.45) is 4.99 Å². The molecule has 0 saturated carbocycles. The Kier molecular flexibility index (Phi) is 3.53. The Bertz CT molecular complexity index is 217. The molecule has 0 aromatic carbocycles. The summed E-state index contributed by atoms with van der Waals surface area (Å²) in [4.78, 5) is 3.46. The summed E-state index contributed by atoms with van der Waals surface area (Å²) in [7, 11) is 0. The average Bonchev–Trinajstić information content (AvgIpc) is 1.79. The molecule has 0 bridgehead atoms. The Labute approximate surface area is 68.1 Å². The van der Waals surface area contributed by atoms with Crippen molar-refractivity contribution in [2.45, 2.75) is 13.3 Å². The van der Waals surface area contributed by atoms with Crippen LogP contribution in [0.3, 0.4) is 0 Å². The summed E-state index contributed by atoms with van der Waals surface area (Å²) in [5.41, 5.74) is 0.377. The third-order valence-corrected chi connectivity index (χ3v) is 0.676. The Balaban J connectivity index is 3.99. The van der Waals surface area contributed by atoms with Crippen LogP contribution in [0, 0.1) is 0 Å². The molecular formula is C7H8F3NO. The van der Waals surface area contributed by atoms with Crippen molar-refractivity contribution in [3.05, 3.63) is 24.6 Å². The highest BCUT2D eigenvalue weighted by Crippen LogP contribution is 2.18. The van der Waals surface area contributed by atoms with Crippen LogP contribution in [-0.4, -0.2) is 12.6 Å². The minimum absolute atomic E-state index is 0.377. The number of hydrogen-bond donors (Lipinski definition) is 0. The van der Waals surface area contributed by atoms with Crippen LogP contribution in [0.5, 0.6) is 0 Å². The predicted molar refractivity (Wildman–Crippen MR) is 39.6 cm³/mol. The second-order valence-corrected chi connectivity index (χ2v) is 2.01. The van der Waals surface area contributed by atoms with Gasteiger partial charge in [-0.3, -0.25) is 4.99 Å². The van der Waals surface area contributed by atoms with E-state index in [0.29, 0.717) is 5.70 Å². The first-order valence-corrected chi connectivity index (χ1v) is 2.95. The van der Waals surface area contributed by atoms with E-state index in [0.717, 1.165) is 6.21 Å². The van der Waals surface area contributed by atoms with E-state index in [1.807, 2.05) is 0 Å². The smallest absolute Gasteiger partial charge is 0.405 e. The highest BCUT2D eigenvalue weighted by atomic mass is 19.4. The van der Waals surface area contributed by atoms with E-state index in [1.54, 1.807) is 0 Å². The number of rotatable bonds is 3. The van der Waals surface area contributed by atoms with Gasteiger partial charge in [-0.2, -0.15) is 0 Å². The van der Waals surface area contributed by atoms with Gasteiger partial charge >= 0.3 is 6.36 Å². The molecule has 0 aromatic heterocycles. The molecule has 0 radical (unpaired) electrons. The van der Waals surface area contributed by atoms with Crippen molar-refractivity contribution >= 4 is 6.21 Å². The maximum atomic E-state index is 11.5. The first-order valence-electron chi connectivity index (χ1n) is 2.95. The van der Waals surface area contributed by atoms with E-state index in [4.69, 9.17) is 0 Å². The molecule has 0 atom stereocenters. The number of ether oxygens (including phenoxy) is 1. The molecule has 5 heteroatoms. The lowest BCUT2D eigenvalue weighted by Crippen LogP contribution is -2.12. The SMILES string of the molecule is C=C(C)N=CC(=C)OC(F)(F)F. The van der Waals surface area contributed by atoms with Gasteiger partial charge in [-0.1, -0.05) is 13.2 Å².